The van der Waals surface area contributed by atoms with Crippen LogP contribution in [0.4, 0.5) is 0 Å². The first-order valence-corrected chi connectivity index (χ1v) is 14.0. The third-order valence-corrected chi connectivity index (χ3v) is 9.69. The average molecular weight is 478 g/mol. The van der Waals surface area contributed by atoms with Crippen molar-refractivity contribution in [2.75, 3.05) is 46.0 Å². The Hall–Kier alpha value is -0.240. The molecule has 34 heavy (non-hydrogen) atoms. The maximum atomic E-state index is 6.80. The number of nitrogens with zero attached hydrogens (tertiary/aromatic N) is 3. The molecule has 5 heterocycles. The van der Waals surface area contributed by atoms with Crippen molar-refractivity contribution in [1.29, 1.82) is 0 Å². The van der Waals surface area contributed by atoms with E-state index in [9.17, 15) is 0 Å². The molecule has 5 fully saturated rings. The first-order chi connectivity index (χ1) is 15.9. The lowest BCUT2D eigenvalue weighted by molar-refractivity contribution is -0.169. The minimum atomic E-state index is 0.00000940. The van der Waals surface area contributed by atoms with Gasteiger partial charge >= 0.3 is 0 Å². The summed E-state index contributed by atoms with van der Waals surface area (Å²) < 4.78 is 19.0. The number of fused-ring (bicyclic) bond motifs is 4. The smallest absolute Gasteiger partial charge is 0.0831 e. The van der Waals surface area contributed by atoms with E-state index in [4.69, 9.17) is 14.2 Å². The van der Waals surface area contributed by atoms with Crippen molar-refractivity contribution >= 4 is 0 Å². The van der Waals surface area contributed by atoms with Gasteiger partial charge in [-0.1, -0.05) is 0 Å². The van der Waals surface area contributed by atoms with Gasteiger partial charge in [-0.15, -0.1) is 0 Å². The fraction of sp³-hybridized carbons (Fsp3) is 1.00. The van der Waals surface area contributed by atoms with Crippen LogP contribution in [-0.2, 0) is 14.2 Å². The molecular formula is C28H51N3O3. The highest BCUT2D eigenvalue weighted by Gasteiger charge is 2.55. The molecular weight excluding hydrogens is 426 g/mol. The summed E-state index contributed by atoms with van der Waals surface area (Å²) in [6, 6.07) is 1.07. The van der Waals surface area contributed by atoms with E-state index in [1.807, 2.05) is 0 Å². The lowest BCUT2D eigenvalue weighted by Gasteiger charge is -2.54. The zero-order valence-electron chi connectivity index (χ0n) is 23.1. The van der Waals surface area contributed by atoms with Crippen molar-refractivity contribution in [3.8, 4) is 0 Å². The molecule has 5 aliphatic heterocycles. The van der Waals surface area contributed by atoms with Gasteiger partial charge in [-0.2, -0.15) is 0 Å². The summed E-state index contributed by atoms with van der Waals surface area (Å²) in [5, 5.41) is 0. The van der Waals surface area contributed by atoms with Crippen LogP contribution in [0.1, 0.15) is 87.0 Å². The van der Waals surface area contributed by atoms with Gasteiger partial charge in [0.15, 0.2) is 0 Å². The van der Waals surface area contributed by atoms with Crippen molar-refractivity contribution in [1.82, 2.24) is 14.7 Å². The highest BCUT2D eigenvalue weighted by atomic mass is 16.5. The van der Waals surface area contributed by atoms with E-state index in [1.165, 1.54) is 25.7 Å². The van der Waals surface area contributed by atoms with Gasteiger partial charge in [-0.3, -0.25) is 14.7 Å². The van der Waals surface area contributed by atoms with E-state index in [1.54, 1.807) is 0 Å². The van der Waals surface area contributed by atoms with Crippen LogP contribution < -0.4 is 0 Å². The molecule has 0 amide bonds. The van der Waals surface area contributed by atoms with Gasteiger partial charge in [0.2, 0.25) is 0 Å². The molecule has 0 N–H and O–H groups in total. The number of rotatable bonds is 6. The van der Waals surface area contributed by atoms with Crippen LogP contribution in [0.25, 0.3) is 0 Å². The van der Waals surface area contributed by atoms with E-state index >= 15 is 0 Å². The average Bonchev–Trinajstić information content (AvgIpc) is 3.25. The van der Waals surface area contributed by atoms with Crippen LogP contribution in [0.2, 0.25) is 0 Å². The van der Waals surface area contributed by atoms with Crippen molar-refractivity contribution < 1.29 is 14.2 Å². The molecule has 5 atom stereocenters. The van der Waals surface area contributed by atoms with E-state index in [-0.39, 0.29) is 22.2 Å². The Bertz CT molecular complexity index is 729. The van der Waals surface area contributed by atoms with Gasteiger partial charge in [0.1, 0.15) is 0 Å². The summed E-state index contributed by atoms with van der Waals surface area (Å²) in [5.41, 5.74) is 0.444. The first kappa shape index (κ1) is 25.4. The highest BCUT2D eigenvalue weighted by Crippen LogP contribution is 2.48. The number of hydrogen-bond acceptors (Lipinski definition) is 6. The topological polar surface area (TPSA) is 37.4 Å². The second-order valence-corrected chi connectivity index (χ2v) is 14.2. The zero-order chi connectivity index (χ0) is 24.4. The normalized spacial score (nSPS) is 38.6. The summed E-state index contributed by atoms with van der Waals surface area (Å²) in [5.74, 6) is 0. The molecule has 6 heteroatoms. The predicted octanol–water partition coefficient (Wildman–Crippen LogP) is 3.92. The summed E-state index contributed by atoms with van der Waals surface area (Å²) in [7, 11) is 0. The molecule has 0 saturated carbocycles. The Morgan fingerprint density at radius 2 is 1.62 bits per heavy atom. The molecule has 0 aromatic rings. The third-order valence-electron chi connectivity index (χ3n) is 9.69. The van der Waals surface area contributed by atoms with Crippen molar-refractivity contribution in [2.45, 2.75) is 134 Å². The van der Waals surface area contributed by atoms with Crippen LogP contribution in [-0.4, -0.2) is 107 Å². The minimum absolute atomic E-state index is 0.00000940. The number of morpholine rings is 3. The van der Waals surface area contributed by atoms with Gasteiger partial charge < -0.3 is 14.2 Å². The van der Waals surface area contributed by atoms with Gasteiger partial charge in [0.25, 0.3) is 0 Å². The fourth-order valence-corrected chi connectivity index (χ4v) is 8.09. The largest absolute Gasteiger partial charge is 0.379 e. The van der Waals surface area contributed by atoms with Crippen LogP contribution in [0.15, 0.2) is 0 Å². The van der Waals surface area contributed by atoms with E-state index in [2.05, 4.69) is 63.2 Å². The van der Waals surface area contributed by atoms with Crippen molar-refractivity contribution in [3.05, 3.63) is 0 Å². The summed E-state index contributed by atoms with van der Waals surface area (Å²) in [4.78, 5) is 8.19. The molecule has 5 aliphatic rings. The minimum Gasteiger partial charge on any atom is -0.379 e. The predicted molar refractivity (Wildman–Crippen MR) is 136 cm³/mol. The van der Waals surface area contributed by atoms with E-state index < -0.39 is 0 Å². The Balaban J connectivity index is 1.30. The van der Waals surface area contributed by atoms with Crippen molar-refractivity contribution in [2.24, 2.45) is 0 Å². The SMILES string of the molecule is CC(C)(C)N1CC2CCC(CC(C)(C)N3C4CCC3C(CC(C)(C)N3CCOCC3)OC4)(C1)O2. The quantitative estimate of drug-likeness (QED) is 0.577. The van der Waals surface area contributed by atoms with Crippen LogP contribution in [0, 0.1) is 0 Å². The molecule has 0 aromatic heterocycles. The molecule has 0 aromatic carbocycles. The van der Waals surface area contributed by atoms with Crippen LogP contribution >= 0.6 is 0 Å². The molecule has 0 spiro atoms. The molecule has 5 rings (SSSR count). The summed E-state index contributed by atoms with van der Waals surface area (Å²) in [6.07, 6.45) is 7.90. The Morgan fingerprint density at radius 3 is 2.32 bits per heavy atom. The maximum Gasteiger partial charge on any atom is 0.0831 e. The molecule has 6 nitrogen and oxygen atoms in total. The summed E-state index contributed by atoms with van der Waals surface area (Å²) in [6.45, 7) is 23.7. The maximum absolute atomic E-state index is 6.80. The summed E-state index contributed by atoms with van der Waals surface area (Å²) >= 11 is 0. The van der Waals surface area contributed by atoms with Crippen molar-refractivity contribution in [3.63, 3.8) is 0 Å². The van der Waals surface area contributed by atoms with Gasteiger partial charge in [0, 0.05) is 54.9 Å². The van der Waals surface area contributed by atoms with Gasteiger partial charge in [-0.05, 0) is 87.0 Å². The molecule has 5 saturated heterocycles. The number of hydrogen-bond donors (Lipinski definition) is 0. The van der Waals surface area contributed by atoms with E-state index in [0.717, 1.165) is 58.8 Å². The zero-order valence-corrected chi connectivity index (χ0v) is 23.1. The van der Waals surface area contributed by atoms with E-state index in [0.29, 0.717) is 24.3 Å². The Morgan fingerprint density at radius 1 is 0.882 bits per heavy atom. The second-order valence-electron chi connectivity index (χ2n) is 14.2. The lowest BCUT2D eigenvalue weighted by Crippen LogP contribution is -2.65. The third kappa shape index (κ3) is 4.84. The van der Waals surface area contributed by atoms with Gasteiger partial charge in [-0.25, -0.2) is 0 Å². The Kier molecular flexibility index (Phi) is 6.69. The standard InChI is InChI=1S/C28H51N3O3/c1-25(2,3)30-17-22-10-11-28(20-30,34-22)19-27(6,7)31-21-8-9-23(31)24(33-18-21)16-26(4,5)29-12-14-32-15-13-29/h21-24H,8-20H2,1-7H3. The lowest BCUT2D eigenvalue weighted by atomic mass is 9.81. The molecule has 0 radical (unpaired) electrons. The second kappa shape index (κ2) is 8.95. The molecule has 4 bridgehead atoms. The fourth-order valence-electron chi connectivity index (χ4n) is 8.09. The first-order valence-electron chi connectivity index (χ1n) is 14.0. The van der Waals surface area contributed by atoms with Crippen LogP contribution in [0.5, 0.6) is 0 Å². The number of likely N-dealkylation sites (tertiary alicyclic amines) is 1. The van der Waals surface area contributed by atoms with Gasteiger partial charge in [0.05, 0.1) is 37.6 Å². The van der Waals surface area contributed by atoms with Crippen LogP contribution in [0.3, 0.4) is 0 Å². The highest BCUT2D eigenvalue weighted by molar-refractivity contribution is 5.09. The Labute approximate surface area is 208 Å². The number of ether oxygens (including phenoxy) is 3. The monoisotopic (exact) mass is 477 g/mol. The molecule has 0 aliphatic carbocycles. The molecule has 5 unspecified atom stereocenters. The molecule has 196 valence electrons.